The molecule has 0 unspecified atom stereocenters. The lowest BCUT2D eigenvalue weighted by molar-refractivity contribution is -0.120. The summed E-state index contributed by atoms with van der Waals surface area (Å²) in [4.78, 5) is 16.9. The maximum absolute atomic E-state index is 12.1. The molecule has 1 fully saturated rings. The molecular weight excluding hydrogens is 376 g/mol. The number of amides is 1. The Morgan fingerprint density at radius 1 is 0.964 bits per heavy atom. The summed E-state index contributed by atoms with van der Waals surface area (Å²) in [6, 6.07) is 16.5. The van der Waals surface area contributed by atoms with E-state index in [0.29, 0.717) is 6.54 Å². The second-order valence-electron chi connectivity index (χ2n) is 6.88. The molecule has 0 aromatic heterocycles. The molecule has 0 radical (unpaired) electrons. The van der Waals surface area contributed by atoms with Crippen molar-refractivity contribution in [1.29, 1.82) is 0 Å². The van der Waals surface area contributed by atoms with Crippen molar-refractivity contribution in [3.05, 3.63) is 60.2 Å². The standard InChI is InChI=1S/C20H26N4O3S/c21-28(26,27)19-8-6-17(7-9-19)16-20(25)22-10-11-23-12-14-24(15-13-23)18-4-2-1-3-5-18/h1-9H,10-16H2,(H,22,25)(H2,21,26,27). The largest absolute Gasteiger partial charge is 0.369 e. The maximum Gasteiger partial charge on any atom is 0.238 e. The highest BCUT2D eigenvalue weighted by Gasteiger charge is 2.17. The fourth-order valence-electron chi connectivity index (χ4n) is 3.27. The van der Waals surface area contributed by atoms with E-state index in [1.807, 2.05) is 6.07 Å². The maximum atomic E-state index is 12.1. The quantitative estimate of drug-likeness (QED) is 0.715. The Morgan fingerprint density at radius 2 is 1.61 bits per heavy atom. The molecule has 1 heterocycles. The molecular formula is C20H26N4O3S. The van der Waals surface area contributed by atoms with Gasteiger partial charge in [-0.05, 0) is 29.8 Å². The van der Waals surface area contributed by atoms with E-state index in [-0.39, 0.29) is 17.2 Å². The summed E-state index contributed by atoms with van der Waals surface area (Å²) in [7, 11) is -3.71. The first kappa shape index (κ1) is 20.3. The van der Waals surface area contributed by atoms with Gasteiger partial charge in [-0.3, -0.25) is 9.69 Å². The van der Waals surface area contributed by atoms with Crippen LogP contribution in [0.1, 0.15) is 5.56 Å². The van der Waals surface area contributed by atoms with Crippen molar-refractivity contribution in [3.63, 3.8) is 0 Å². The van der Waals surface area contributed by atoms with Gasteiger partial charge in [-0.1, -0.05) is 30.3 Å². The molecule has 1 aliphatic rings. The van der Waals surface area contributed by atoms with E-state index in [4.69, 9.17) is 5.14 Å². The van der Waals surface area contributed by atoms with Crippen molar-refractivity contribution in [2.45, 2.75) is 11.3 Å². The minimum atomic E-state index is -3.71. The van der Waals surface area contributed by atoms with Gasteiger partial charge in [-0.2, -0.15) is 0 Å². The molecule has 0 atom stereocenters. The lowest BCUT2D eigenvalue weighted by Crippen LogP contribution is -2.48. The average molecular weight is 403 g/mol. The predicted molar refractivity (Wildman–Crippen MR) is 110 cm³/mol. The normalized spacial score (nSPS) is 15.4. The Morgan fingerprint density at radius 3 is 2.21 bits per heavy atom. The average Bonchev–Trinajstić information content (AvgIpc) is 2.69. The molecule has 1 aliphatic heterocycles. The topological polar surface area (TPSA) is 95.7 Å². The van der Waals surface area contributed by atoms with Crippen molar-refractivity contribution in [3.8, 4) is 0 Å². The van der Waals surface area contributed by atoms with Crippen LogP contribution < -0.4 is 15.4 Å². The second kappa shape index (κ2) is 9.18. The fraction of sp³-hybridized carbons (Fsp3) is 0.350. The third kappa shape index (κ3) is 5.79. The number of sulfonamides is 1. The third-order valence-corrected chi connectivity index (χ3v) is 5.79. The molecule has 0 spiro atoms. The van der Waals surface area contributed by atoms with E-state index < -0.39 is 10.0 Å². The number of nitrogens with one attached hydrogen (secondary N) is 1. The first-order valence-electron chi connectivity index (χ1n) is 9.32. The van der Waals surface area contributed by atoms with Gasteiger partial charge in [0.1, 0.15) is 0 Å². The molecule has 28 heavy (non-hydrogen) atoms. The van der Waals surface area contributed by atoms with E-state index in [1.54, 1.807) is 12.1 Å². The number of carbonyl (C=O) groups is 1. The van der Waals surface area contributed by atoms with Crippen LogP contribution in [-0.2, 0) is 21.2 Å². The number of para-hydroxylation sites is 1. The Kier molecular flexibility index (Phi) is 6.66. The lowest BCUT2D eigenvalue weighted by Gasteiger charge is -2.36. The Bertz CT molecular complexity index is 877. The van der Waals surface area contributed by atoms with Gasteiger partial charge in [-0.15, -0.1) is 0 Å². The fourth-order valence-corrected chi connectivity index (χ4v) is 3.78. The van der Waals surface area contributed by atoms with Gasteiger partial charge in [0.2, 0.25) is 15.9 Å². The van der Waals surface area contributed by atoms with Crippen LogP contribution in [0.5, 0.6) is 0 Å². The van der Waals surface area contributed by atoms with Crippen LogP contribution in [0.2, 0.25) is 0 Å². The van der Waals surface area contributed by atoms with E-state index in [2.05, 4.69) is 39.4 Å². The lowest BCUT2D eigenvalue weighted by atomic mass is 10.1. The zero-order valence-electron chi connectivity index (χ0n) is 15.8. The first-order valence-corrected chi connectivity index (χ1v) is 10.9. The van der Waals surface area contributed by atoms with E-state index in [0.717, 1.165) is 38.3 Å². The van der Waals surface area contributed by atoms with Crippen LogP contribution in [0, 0.1) is 0 Å². The zero-order chi connectivity index (χ0) is 20.0. The van der Waals surface area contributed by atoms with Crippen molar-refractivity contribution in [2.24, 2.45) is 5.14 Å². The van der Waals surface area contributed by atoms with Crippen LogP contribution in [0.4, 0.5) is 5.69 Å². The van der Waals surface area contributed by atoms with Gasteiger partial charge < -0.3 is 10.2 Å². The summed E-state index contributed by atoms with van der Waals surface area (Å²) in [6.45, 7) is 5.32. The van der Waals surface area contributed by atoms with Crippen LogP contribution in [0.25, 0.3) is 0 Å². The molecule has 8 heteroatoms. The monoisotopic (exact) mass is 402 g/mol. The van der Waals surface area contributed by atoms with E-state index in [1.165, 1.54) is 17.8 Å². The van der Waals surface area contributed by atoms with Gasteiger partial charge >= 0.3 is 0 Å². The summed E-state index contributed by atoms with van der Waals surface area (Å²) < 4.78 is 22.5. The van der Waals surface area contributed by atoms with Crippen molar-refractivity contribution in [1.82, 2.24) is 10.2 Å². The van der Waals surface area contributed by atoms with Crippen molar-refractivity contribution < 1.29 is 13.2 Å². The van der Waals surface area contributed by atoms with Crippen LogP contribution >= 0.6 is 0 Å². The molecule has 7 nitrogen and oxygen atoms in total. The van der Waals surface area contributed by atoms with Crippen LogP contribution in [0.3, 0.4) is 0 Å². The van der Waals surface area contributed by atoms with Crippen LogP contribution in [0.15, 0.2) is 59.5 Å². The highest BCUT2D eigenvalue weighted by molar-refractivity contribution is 7.89. The number of carbonyl (C=O) groups excluding carboxylic acids is 1. The van der Waals surface area contributed by atoms with Gasteiger partial charge in [0.05, 0.1) is 11.3 Å². The Labute approximate surface area is 166 Å². The highest BCUT2D eigenvalue weighted by atomic mass is 32.2. The van der Waals surface area contributed by atoms with E-state index in [9.17, 15) is 13.2 Å². The summed E-state index contributed by atoms with van der Waals surface area (Å²) in [5.41, 5.74) is 2.00. The molecule has 1 amide bonds. The summed E-state index contributed by atoms with van der Waals surface area (Å²) >= 11 is 0. The molecule has 150 valence electrons. The molecule has 0 bridgehead atoms. The number of piperazine rings is 1. The Hall–Kier alpha value is -2.42. The van der Waals surface area contributed by atoms with Gasteiger partial charge in [0, 0.05) is 45.0 Å². The van der Waals surface area contributed by atoms with E-state index >= 15 is 0 Å². The number of nitrogens with two attached hydrogens (primary N) is 1. The number of hydrogen-bond donors (Lipinski definition) is 2. The van der Waals surface area contributed by atoms with Gasteiger partial charge in [0.15, 0.2) is 0 Å². The van der Waals surface area contributed by atoms with Gasteiger partial charge in [0.25, 0.3) is 0 Å². The molecule has 3 N–H and O–H groups in total. The van der Waals surface area contributed by atoms with Crippen molar-refractivity contribution in [2.75, 3.05) is 44.2 Å². The number of hydrogen-bond acceptors (Lipinski definition) is 5. The predicted octanol–water partition coefficient (Wildman–Crippen LogP) is 0.815. The van der Waals surface area contributed by atoms with Crippen molar-refractivity contribution >= 4 is 21.6 Å². The number of benzene rings is 2. The minimum Gasteiger partial charge on any atom is -0.369 e. The summed E-state index contributed by atoms with van der Waals surface area (Å²) in [5.74, 6) is -0.0775. The molecule has 2 aromatic rings. The number of primary sulfonamides is 1. The number of nitrogens with zero attached hydrogens (tertiary/aromatic N) is 2. The second-order valence-corrected chi connectivity index (χ2v) is 8.44. The molecule has 0 aliphatic carbocycles. The smallest absolute Gasteiger partial charge is 0.238 e. The van der Waals surface area contributed by atoms with Crippen LogP contribution in [-0.4, -0.2) is 58.5 Å². The number of rotatable bonds is 7. The molecule has 0 saturated carbocycles. The minimum absolute atomic E-state index is 0.0475. The number of anilines is 1. The third-order valence-electron chi connectivity index (χ3n) is 4.86. The zero-order valence-corrected chi connectivity index (χ0v) is 16.6. The Balaban J connectivity index is 1.37. The summed E-state index contributed by atoms with van der Waals surface area (Å²) in [5, 5.41) is 8.00. The molecule has 1 saturated heterocycles. The molecule has 2 aromatic carbocycles. The molecule has 3 rings (SSSR count). The SMILES string of the molecule is NS(=O)(=O)c1ccc(CC(=O)NCCN2CCN(c3ccccc3)CC2)cc1. The van der Waals surface area contributed by atoms with Gasteiger partial charge in [-0.25, -0.2) is 13.6 Å². The highest BCUT2D eigenvalue weighted by Crippen LogP contribution is 2.15. The first-order chi connectivity index (χ1) is 13.4. The summed E-state index contributed by atoms with van der Waals surface area (Å²) in [6.07, 6.45) is 0.215.